The lowest BCUT2D eigenvalue weighted by atomic mass is 10.1. The predicted molar refractivity (Wildman–Crippen MR) is 57.2 cm³/mol. The minimum absolute atomic E-state index is 0.175. The highest BCUT2D eigenvalue weighted by Crippen LogP contribution is 2.22. The predicted octanol–water partition coefficient (Wildman–Crippen LogP) is 0.902. The van der Waals surface area contributed by atoms with Gasteiger partial charge in [0.05, 0.1) is 5.52 Å². The number of H-pyrrole nitrogens is 1. The summed E-state index contributed by atoms with van der Waals surface area (Å²) in [6.07, 6.45) is 0. The summed E-state index contributed by atoms with van der Waals surface area (Å²) in [4.78, 5) is 24.8. The molecule has 0 unspecified atom stereocenters. The molecule has 0 aliphatic carbocycles. The van der Waals surface area contributed by atoms with Crippen molar-refractivity contribution in [2.24, 2.45) is 0 Å². The van der Waals surface area contributed by atoms with E-state index in [4.69, 9.17) is 0 Å². The van der Waals surface area contributed by atoms with Gasteiger partial charge in [-0.25, -0.2) is 0 Å². The molecule has 1 aromatic carbocycles. The molecule has 4 heteroatoms. The Bertz CT molecular complexity index is 643. The molecule has 0 amide bonds. The van der Waals surface area contributed by atoms with E-state index in [2.05, 4.69) is 4.98 Å². The van der Waals surface area contributed by atoms with Crippen LogP contribution in [0.5, 0.6) is 5.75 Å². The smallest absolute Gasteiger partial charge is 0.296 e. The monoisotopic (exact) mass is 203 g/mol. The number of hydrogen-bond donors (Lipinski definition) is 2. The zero-order valence-corrected chi connectivity index (χ0v) is 8.07. The Kier molecular flexibility index (Phi) is 2.04. The maximum absolute atomic E-state index is 11.2. The van der Waals surface area contributed by atoms with Crippen molar-refractivity contribution in [2.75, 3.05) is 0 Å². The van der Waals surface area contributed by atoms with E-state index < -0.39 is 11.0 Å². The molecule has 76 valence electrons. The maximum Gasteiger partial charge on any atom is 0.296 e. The number of benzene rings is 1. The van der Waals surface area contributed by atoms with Crippen molar-refractivity contribution in [2.45, 2.75) is 6.92 Å². The van der Waals surface area contributed by atoms with Crippen LogP contribution in [-0.4, -0.2) is 10.1 Å². The first kappa shape index (κ1) is 9.45. The fourth-order valence-corrected chi connectivity index (χ4v) is 1.56. The Balaban J connectivity index is 3.17. The molecule has 0 saturated heterocycles. The maximum atomic E-state index is 11.2. The molecule has 2 N–H and O–H groups in total. The molecule has 2 aromatic rings. The highest BCUT2D eigenvalue weighted by molar-refractivity contribution is 5.86. The van der Waals surface area contributed by atoms with Crippen LogP contribution in [0.2, 0.25) is 0 Å². The molecular formula is C11H9NO3. The van der Waals surface area contributed by atoms with Crippen LogP contribution in [0.4, 0.5) is 0 Å². The average molecular weight is 203 g/mol. The molecule has 0 fully saturated rings. The van der Waals surface area contributed by atoms with Crippen LogP contribution in [0.1, 0.15) is 5.56 Å². The molecule has 2 rings (SSSR count). The lowest BCUT2D eigenvalue weighted by Crippen LogP contribution is -2.22. The zero-order valence-electron chi connectivity index (χ0n) is 8.07. The van der Waals surface area contributed by atoms with E-state index >= 15 is 0 Å². The number of aromatic amines is 1. The molecule has 0 saturated carbocycles. The second-order valence-corrected chi connectivity index (χ2v) is 3.35. The number of rotatable bonds is 0. The third-order valence-electron chi connectivity index (χ3n) is 2.27. The van der Waals surface area contributed by atoms with Crippen molar-refractivity contribution in [3.63, 3.8) is 0 Å². The van der Waals surface area contributed by atoms with Gasteiger partial charge in [-0.15, -0.1) is 0 Å². The van der Waals surface area contributed by atoms with Crippen LogP contribution in [0, 0.1) is 6.92 Å². The fourth-order valence-electron chi connectivity index (χ4n) is 1.56. The normalized spacial score (nSPS) is 10.5. The number of aromatic nitrogens is 1. The van der Waals surface area contributed by atoms with E-state index in [9.17, 15) is 14.7 Å². The van der Waals surface area contributed by atoms with Gasteiger partial charge in [0.1, 0.15) is 5.75 Å². The lowest BCUT2D eigenvalue weighted by molar-refractivity contribution is 0.481. The van der Waals surface area contributed by atoms with Gasteiger partial charge in [0.15, 0.2) is 0 Å². The second-order valence-electron chi connectivity index (χ2n) is 3.35. The van der Waals surface area contributed by atoms with Gasteiger partial charge in [-0.3, -0.25) is 9.59 Å². The topological polar surface area (TPSA) is 70.2 Å². The second kappa shape index (κ2) is 3.24. The van der Waals surface area contributed by atoms with Crippen LogP contribution in [-0.2, 0) is 0 Å². The van der Waals surface area contributed by atoms with Crippen molar-refractivity contribution in [3.8, 4) is 5.75 Å². The minimum Gasteiger partial charge on any atom is -0.507 e. The first-order valence-electron chi connectivity index (χ1n) is 4.45. The summed E-state index contributed by atoms with van der Waals surface area (Å²) in [5, 5.41) is 10.2. The van der Waals surface area contributed by atoms with Crippen molar-refractivity contribution in [1.29, 1.82) is 0 Å². The summed E-state index contributed by atoms with van der Waals surface area (Å²) in [5.41, 5.74) is -0.218. The van der Waals surface area contributed by atoms with Gasteiger partial charge in [-0.05, 0) is 18.6 Å². The largest absolute Gasteiger partial charge is 0.507 e. The molecule has 4 nitrogen and oxygen atoms in total. The number of nitrogens with one attached hydrogen (secondary N) is 1. The van der Waals surface area contributed by atoms with E-state index in [1.54, 1.807) is 25.1 Å². The third kappa shape index (κ3) is 1.50. The minimum atomic E-state index is -0.747. The molecule has 15 heavy (non-hydrogen) atoms. The number of hydrogen-bond acceptors (Lipinski definition) is 3. The van der Waals surface area contributed by atoms with Gasteiger partial charge in [-0.1, -0.05) is 12.1 Å². The molecule has 0 atom stereocenters. The average Bonchev–Trinajstić information content (AvgIpc) is 2.26. The van der Waals surface area contributed by atoms with Gasteiger partial charge in [0.2, 0.25) is 5.43 Å². The van der Waals surface area contributed by atoms with Gasteiger partial charge < -0.3 is 10.1 Å². The van der Waals surface area contributed by atoms with E-state index in [-0.39, 0.29) is 5.75 Å². The number of aryl methyl sites for hydroxylation is 1. The van der Waals surface area contributed by atoms with Crippen LogP contribution in [0.25, 0.3) is 10.9 Å². The third-order valence-corrected chi connectivity index (χ3v) is 2.27. The Labute approximate surface area is 84.8 Å². The first-order valence-corrected chi connectivity index (χ1v) is 4.45. The van der Waals surface area contributed by atoms with E-state index in [1.807, 2.05) is 0 Å². The van der Waals surface area contributed by atoms with Crippen molar-refractivity contribution < 1.29 is 5.11 Å². The fraction of sp³-hybridized carbons (Fsp3) is 0.0909. The summed E-state index contributed by atoms with van der Waals surface area (Å²) in [7, 11) is 0. The molecular weight excluding hydrogens is 194 g/mol. The van der Waals surface area contributed by atoms with Crippen molar-refractivity contribution >= 4 is 10.9 Å². The summed E-state index contributed by atoms with van der Waals surface area (Å²) in [5.74, 6) is -0.175. The van der Waals surface area contributed by atoms with Gasteiger partial charge >= 0.3 is 0 Å². The van der Waals surface area contributed by atoms with Gasteiger partial charge in [0.25, 0.3) is 5.56 Å². The van der Waals surface area contributed by atoms with Crippen molar-refractivity contribution in [3.05, 3.63) is 50.4 Å². The molecule has 0 aliphatic heterocycles. The molecule has 1 heterocycles. The Morgan fingerprint density at radius 1 is 1.27 bits per heavy atom. The highest BCUT2D eigenvalue weighted by atomic mass is 16.3. The van der Waals surface area contributed by atoms with Crippen LogP contribution in [0.3, 0.4) is 0 Å². The Morgan fingerprint density at radius 3 is 2.73 bits per heavy atom. The summed E-state index contributed by atoms with van der Waals surface area (Å²) >= 11 is 0. The standard InChI is InChI=1S/C11H9NO3/c1-6-3-2-4-7-10(6)8(13)5-9(14)11(15)12-7/h2-5,13H,1H3,(H,12,14,15). The lowest BCUT2D eigenvalue weighted by Gasteiger charge is -1.98. The van der Waals surface area contributed by atoms with Crippen LogP contribution < -0.4 is 11.0 Å². The summed E-state index contributed by atoms with van der Waals surface area (Å²) in [6.45, 7) is 1.80. The summed E-state index contributed by atoms with van der Waals surface area (Å²) < 4.78 is 0. The molecule has 0 spiro atoms. The SMILES string of the molecule is Cc1cccc2[nH]c(=O)c(=O)cc(O)c12. The number of aromatic hydroxyl groups is 1. The van der Waals surface area contributed by atoms with Gasteiger partial charge in [0, 0.05) is 11.5 Å². The molecule has 0 aliphatic rings. The molecule has 1 aromatic heterocycles. The first-order chi connectivity index (χ1) is 7.09. The summed E-state index contributed by atoms with van der Waals surface area (Å²) in [6, 6.07) is 6.12. The quantitative estimate of drug-likeness (QED) is 0.625. The Hall–Kier alpha value is -2.10. The zero-order chi connectivity index (χ0) is 11.0. The van der Waals surface area contributed by atoms with E-state index in [1.165, 1.54) is 0 Å². The van der Waals surface area contributed by atoms with Crippen LogP contribution in [0.15, 0.2) is 33.9 Å². The number of fused-ring (bicyclic) bond motifs is 1. The van der Waals surface area contributed by atoms with Gasteiger partial charge in [-0.2, -0.15) is 0 Å². The highest BCUT2D eigenvalue weighted by Gasteiger charge is 2.04. The van der Waals surface area contributed by atoms with E-state index in [0.717, 1.165) is 11.6 Å². The van der Waals surface area contributed by atoms with E-state index in [0.29, 0.717) is 10.9 Å². The molecule has 0 radical (unpaired) electrons. The van der Waals surface area contributed by atoms with Crippen molar-refractivity contribution in [1.82, 2.24) is 4.98 Å². The Morgan fingerprint density at radius 2 is 2.00 bits per heavy atom. The van der Waals surface area contributed by atoms with Crippen LogP contribution >= 0.6 is 0 Å². The molecule has 0 bridgehead atoms.